The third-order valence-electron chi connectivity index (χ3n) is 5.25. The van der Waals surface area contributed by atoms with E-state index in [0.29, 0.717) is 39.4 Å². The van der Waals surface area contributed by atoms with Crippen LogP contribution in [0.3, 0.4) is 0 Å². The summed E-state index contributed by atoms with van der Waals surface area (Å²) < 4.78 is 7.52. The summed E-state index contributed by atoms with van der Waals surface area (Å²) in [7, 11) is 0. The van der Waals surface area contributed by atoms with Crippen LogP contribution >= 0.6 is 0 Å². The van der Waals surface area contributed by atoms with Crippen molar-refractivity contribution in [3.63, 3.8) is 0 Å². The molecule has 1 N–H and O–H groups in total. The molecule has 144 valence electrons. The minimum Gasteiger partial charge on any atom is -0.379 e. The van der Waals surface area contributed by atoms with Crippen LogP contribution in [-0.2, 0) is 35.3 Å². The van der Waals surface area contributed by atoms with Gasteiger partial charge in [0.25, 0.3) is 0 Å². The fourth-order valence-corrected chi connectivity index (χ4v) is 3.70. The predicted octanol–water partition coefficient (Wildman–Crippen LogP) is 0.684. The van der Waals surface area contributed by atoms with Gasteiger partial charge in [-0.1, -0.05) is 30.3 Å². The molecule has 2 aliphatic rings. The first-order chi connectivity index (χ1) is 13.3. The van der Waals surface area contributed by atoms with E-state index in [-0.39, 0.29) is 11.8 Å². The molecule has 1 aromatic heterocycles. The molecule has 0 radical (unpaired) electrons. The van der Waals surface area contributed by atoms with E-state index >= 15 is 0 Å². The number of nitrogens with zero attached hydrogens (tertiary/aromatic N) is 4. The highest BCUT2D eigenvalue weighted by molar-refractivity contribution is 5.79. The highest BCUT2D eigenvalue weighted by Gasteiger charge is 2.27. The van der Waals surface area contributed by atoms with Gasteiger partial charge in [0, 0.05) is 39.0 Å². The highest BCUT2D eigenvalue weighted by Crippen LogP contribution is 2.13. The lowest BCUT2D eigenvalue weighted by Crippen LogP contribution is -2.42. The molecule has 7 heteroatoms. The molecule has 0 saturated carbocycles. The largest absolute Gasteiger partial charge is 0.379 e. The molecule has 1 amide bonds. The Morgan fingerprint density at radius 2 is 2.07 bits per heavy atom. The number of fused-ring (bicyclic) bond motifs is 1. The van der Waals surface area contributed by atoms with Gasteiger partial charge in [0.1, 0.15) is 5.82 Å². The maximum atomic E-state index is 12.8. The second kappa shape index (κ2) is 8.63. The molecule has 7 nitrogen and oxygen atoms in total. The zero-order valence-corrected chi connectivity index (χ0v) is 15.6. The number of hydrogen-bond acceptors (Lipinski definition) is 5. The van der Waals surface area contributed by atoms with E-state index in [9.17, 15) is 4.79 Å². The van der Waals surface area contributed by atoms with Gasteiger partial charge in [0.2, 0.25) is 5.91 Å². The van der Waals surface area contributed by atoms with E-state index in [1.165, 1.54) is 5.56 Å². The normalized spacial score (nSPS) is 20.6. The van der Waals surface area contributed by atoms with E-state index in [1.807, 2.05) is 15.6 Å². The van der Waals surface area contributed by atoms with Gasteiger partial charge in [-0.2, -0.15) is 5.10 Å². The average Bonchev–Trinajstić information content (AvgIpc) is 2.87. The molecule has 1 atom stereocenters. The number of hydrogen-bond donors (Lipinski definition) is 1. The average molecular weight is 369 g/mol. The van der Waals surface area contributed by atoms with Crippen LogP contribution in [0.2, 0.25) is 0 Å². The number of ether oxygens (including phenoxy) is 1. The van der Waals surface area contributed by atoms with Crippen LogP contribution in [0.1, 0.15) is 17.2 Å². The third kappa shape index (κ3) is 4.54. The molecule has 2 aromatic rings. The Labute approximate surface area is 159 Å². The Bertz CT molecular complexity index is 727. The van der Waals surface area contributed by atoms with Crippen molar-refractivity contribution in [3.8, 4) is 0 Å². The first-order valence-electron chi connectivity index (χ1n) is 9.83. The number of aryl methyl sites for hydroxylation is 2. The van der Waals surface area contributed by atoms with Gasteiger partial charge < -0.3 is 15.0 Å². The molecular weight excluding hydrogens is 342 g/mol. The predicted molar refractivity (Wildman–Crippen MR) is 101 cm³/mol. The van der Waals surface area contributed by atoms with E-state index in [4.69, 9.17) is 9.72 Å². The second-order valence-corrected chi connectivity index (χ2v) is 7.20. The van der Waals surface area contributed by atoms with Crippen LogP contribution < -0.4 is 5.32 Å². The minimum atomic E-state index is -0.0904. The molecule has 2 aliphatic heterocycles. The van der Waals surface area contributed by atoms with Crippen molar-refractivity contribution in [2.24, 2.45) is 5.92 Å². The molecule has 1 aromatic carbocycles. The van der Waals surface area contributed by atoms with Crippen molar-refractivity contribution in [2.75, 3.05) is 39.4 Å². The molecule has 0 aliphatic carbocycles. The number of carbonyl (C=O) groups is 1. The monoisotopic (exact) mass is 369 g/mol. The maximum absolute atomic E-state index is 12.8. The standard InChI is InChI=1S/C20H27N5O2/c26-20(17-14-21-9-13-27-15-17)24-10-8-19-22-18(23-25(19)12-11-24)7-6-16-4-2-1-3-5-16/h1-5,17,21H,6-15H2. The Hall–Kier alpha value is -2.25. The number of rotatable bonds is 4. The highest BCUT2D eigenvalue weighted by atomic mass is 16.5. The van der Waals surface area contributed by atoms with E-state index in [0.717, 1.165) is 37.5 Å². The van der Waals surface area contributed by atoms with Crippen molar-refractivity contribution in [1.82, 2.24) is 25.0 Å². The fraction of sp³-hybridized carbons (Fsp3) is 0.550. The van der Waals surface area contributed by atoms with Crippen molar-refractivity contribution in [1.29, 1.82) is 0 Å². The lowest BCUT2D eigenvalue weighted by Gasteiger charge is -2.24. The number of aromatic nitrogens is 3. The number of amides is 1. The fourth-order valence-electron chi connectivity index (χ4n) is 3.70. The van der Waals surface area contributed by atoms with E-state index in [1.54, 1.807) is 0 Å². The lowest BCUT2D eigenvalue weighted by atomic mass is 10.1. The maximum Gasteiger partial charge on any atom is 0.229 e. The minimum absolute atomic E-state index is 0.0904. The molecule has 1 saturated heterocycles. The Balaban J connectivity index is 1.34. The summed E-state index contributed by atoms with van der Waals surface area (Å²) in [5, 5.41) is 7.96. The van der Waals surface area contributed by atoms with Crippen molar-refractivity contribution in [2.45, 2.75) is 25.8 Å². The zero-order valence-electron chi connectivity index (χ0n) is 15.6. The summed E-state index contributed by atoms with van der Waals surface area (Å²) >= 11 is 0. The topological polar surface area (TPSA) is 72.3 Å². The van der Waals surface area contributed by atoms with Crippen LogP contribution in [0.4, 0.5) is 0 Å². The smallest absolute Gasteiger partial charge is 0.229 e. The van der Waals surface area contributed by atoms with Gasteiger partial charge in [-0.15, -0.1) is 0 Å². The first-order valence-corrected chi connectivity index (χ1v) is 9.83. The molecule has 27 heavy (non-hydrogen) atoms. The van der Waals surface area contributed by atoms with Crippen LogP contribution in [0.25, 0.3) is 0 Å². The summed E-state index contributed by atoms with van der Waals surface area (Å²) in [5.74, 6) is 1.98. The Kier molecular flexibility index (Phi) is 5.79. The SMILES string of the molecule is O=C(C1CNCCOC1)N1CCc2nc(CCc3ccccc3)nn2CC1. The van der Waals surface area contributed by atoms with Gasteiger partial charge in [-0.05, 0) is 12.0 Å². The summed E-state index contributed by atoms with van der Waals surface area (Å²) in [6, 6.07) is 10.4. The van der Waals surface area contributed by atoms with E-state index < -0.39 is 0 Å². The summed E-state index contributed by atoms with van der Waals surface area (Å²) in [6.07, 6.45) is 2.55. The third-order valence-corrected chi connectivity index (χ3v) is 5.25. The van der Waals surface area contributed by atoms with Crippen LogP contribution in [0.5, 0.6) is 0 Å². The van der Waals surface area contributed by atoms with Crippen LogP contribution in [0.15, 0.2) is 30.3 Å². The molecule has 4 rings (SSSR count). The van der Waals surface area contributed by atoms with Crippen molar-refractivity contribution < 1.29 is 9.53 Å². The Morgan fingerprint density at radius 3 is 2.96 bits per heavy atom. The van der Waals surface area contributed by atoms with Gasteiger partial charge in [-0.3, -0.25) is 4.79 Å². The van der Waals surface area contributed by atoms with Gasteiger partial charge in [-0.25, -0.2) is 9.67 Å². The summed E-state index contributed by atoms with van der Waals surface area (Å²) in [5.41, 5.74) is 1.30. The van der Waals surface area contributed by atoms with Gasteiger partial charge in [0.15, 0.2) is 5.82 Å². The van der Waals surface area contributed by atoms with Crippen LogP contribution in [-0.4, -0.2) is 65.0 Å². The molecule has 3 heterocycles. The molecule has 1 unspecified atom stereocenters. The number of benzene rings is 1. The van der Waals surface area contributed by atoms with Crippen LogP contribution in [0, 0.1) is 5.92 Å². The van der Waals surface area contributed by atoms with E-state index in [2.05, 4.69) is 34.7 Å². The molecule has 1 fully saturated rings. The number of carbonyl (C=O) groups excluding carboxylic acids is 1. The lowest BCUT2D eigenvalue weighted by molar-refractivity contribution is -0.136. The zero-order chi connectivity index (χ0) is 18.5. The summed E-state index contributed by atoms with van der Waals surface area (Å²) in [6.45, 7) is 4.79. The molecular formula is C20H27N5O2. The second-order valence-electron chi connectivity index (χ2n) is 7.20. The van der Waals surface area contributed by atoms with Crippen molar-refractivity contribution in [3.05, 3.63) is 47.5 Å². The number of nitrogens with one attached hydrogen (secondary N) is 1. The summed E-state index contributed by atoms with van der Waals surface area (Å²) in [4.78, 5) is 19.5. The molecule has 0 spiro atoms. The van der Waals surface area contributed by atoms with Gasteiger partial charge in [0.05, 0.1) is 25.7 Å². The van der Waals surface area contributed by atoms with Crippen molar-refractivity contribution >= 4 is 5.91 Å². The Morgan fingerprint density at radius 1 is 1.19 bits per heavy atom. The first kappa shape index (κ1) is 18.1. The molecule has 0 bridgehead atoms. The van der Waals surface area contributed by atoms with Gasteiger partial charge >= 0.3 is 0 Å². The quantitative estimate of drug-likeness (QED) is 0.858.